The number of nitrogens with zero attached hydrogens (tertiary/aromatic N) is 2. The van der Waals surface area contributed by atoms with Crippen LogP contribution in [0.1, 0.15) is 18.8 Å². The van der Waals surface area contributed by atoms with Crippen molar-refractivity contribution in [3.63, 3.8) is 0 Å². The van der Waals surface area contributed by atoms with Crippen LogP contribution in [0, 0.1) is 0 Å². The van der Waals surface area contributed by atoms with E-state index in [0.717, 1.165) is 0 Å². The molecule has 21 heavy (non-hydrogen) atoms. The second kappa shape index (κ2) is 8.35. The van der Waals surface area contributed by atoms with Crippen molar-refractivity contribution in [3.8, 4) is 0 Å². The van der Waals surface area contributed by atoms with Gasteiger partial charge in [0.15, 0.2) is 5.15 Å². The molecule has 1 N–H and O–H groups in total. The van der Waals surface area contributed by atoms with E-state index < -0.39 is 24.3 Å². The molecule has 0 fully saturated rings. The van der Waals surface area contributed by atoms with Gasteiger partial charge in [-0.3, -0.25) is 0 Å². The Morgan fingerprint density at radius 2 is 1.90 bits per heavy atom. The molecule has 1 aromatic rings. The number of alkyl halides is 4. The standard InChI is InChI=1S/C8H8ClFN2O2.C2HF3O2/c1-2-14-8(13)7(10)5-3-4-6(9)12-11-5;3-2(4,5)1(6)7/h3-4,7H,2H2,1H3;(H,6,7). The molecule has 0 bridgehead atoms. The van der Waals surface area contributed by atoms with E-state index in [1.807, 2.05) is 0 Å². The van der Waals surface area contributed by atoms with E-state index in [2.05, 4.69) is 14.9 Å². The molecule has 0 radical (unpaired) electrons. The fourth-order valence-corrected chi connectivity index (χ4v) is 0.898. The molecule has 0 spiro atoms. The zero-order valence-electron chi connectivity index (χ0n) is 10.4. The highest BCUT2D eigenvalue weighted by molar-refractivity contribution is 6.29. The third kappa shape index (κ3) is 7.40. The number of carboxylic acid groups (broad SMARTS) is 1. The van der Waals surface area contributed by atoms with Crippen LogP contribution >= 0.6 is 11.6 Å². The second-order valence-corrected chi connectivity index (χ2v) is 3.59. The predicted molar refractivity (Wildman–Crippen MR) is 61.2 cm³/mol. The van der Waals surface area contributed by atoms with Crippen LogP contribution in [0.3, 0.4) is 0 Å². The fourth-order valence-electron chi connectivity index (χ4n) is 0.798. The lowest BCUT2D eigenvalue weighted by Crippen LogP contribution is -2.21. The van der Waals surface area contributed by atoms with Crippen LogP contribution in [0.5, 0.6) is 0 Å². The second-order valence-electron chi connectivity index (χ2n) is 3.20. The van der Waals surface area contributed by atoms with Gasteiger partial charge in [-0.25, -0.2) is 14.0 Å². The molecular weight excluding hydrogens is 324 g/mol. The van der Waals surface area contributed by atoms with Crippen LogP contribution in [0.4, 0.5) is 17.6 Å². The van der Waals surface area contributed by atoms with Crippen LogP contribution in [-0.2, 0) is 14.3 Å². The molecular formula is C10H9ClF4N2O4. The maximum Gasteiger partial charge on any atom is 0.490 e. The Labute approximate surface area is 120 Å². The number of esters is 1. The summed E-state index contributed by atoms with van der Waals surface area (Å²) >= 11 is 5.44. The summed E-state index contributed by atoms with van der Waals surface area (Å²) in [5.41, 5.74) is -0.104. The SMILES string of the molecule is CCOC(=O)C(F)c1ccc(Cl)nn1.O=C(O)C(F)(F)F. The van der Waals surface area contributed by atoms with E-state index in [4.69, 9.17) is 21.5 Å². The maximum atomic E-state index is 13.2. The third-order valence-corrected chi connectivity index (χ3v) is 1.85. The molecule has 0 aliphatic rings. The number of aliphatic carboxylic acids is 1. The van der Waals surface area contributed by atoms with Gasteiger partial charge in [0.2, 0.25) is 6.17 Å². The van der Waals surface area contributed by atoms with Gasteiger partial charge in [-0.2, -0.15) is 18.3 Å². The summed E-state index contributed by atoms with van der Waals surface area (Å²) in [4.78, 5) is 19.8. The molecule has 1 heterocycles. The van der Waals surface area contributed by atoms with Crippen molar-refractivity contribution in [2.75, 3.05) is 6.61 Å². The summed E-state index contributed by atoms with van der Waals surface area (Å²) in [6.45, 7) is 1.72. The minimum atomic E-state index is -5.08. The monoisotopic (exact) mass is 332 g/mol. The third-order valence-electron chi connectivity index (χ3n) is 1.65. The molecule has 11 heteroatoms. The molecule has 0 saturated carbocycles. The Kier molecular flexibility index (Phi) is 7.56. The number of rotatable bonds is 3. The van der Waals surface area contributed by atoms with Crippen molar-refractivity contribution in [1.29, 1.82) is 0 Å². The molecule has 1 aromatic heterocycles. The summed E-state index contributed by atoms with van der Waals surface area (Å²) in [5.74, 6) is -3.73. The first-order chi connectivity index (χ1) is 9.59. The van der Waals surface area contributed by atoms with Crippen LogP contribution in [0.15, 0.2) is 12.1 Å². The number of carbonyl (C=O) groups excluding carboxylic acids is 1. The molecule has 1 unspecified atom stereocenters. The number of carboxylic acids is 1. The zero-order valence-corrected chi connectivity index (χ0v) is 11.2. The molecule has 0 aliphatic carbocycles. The molecule has 0 amide bonds. The molecule has 6 nitrogen and oxygen atoms in total. The molecule has 1 rings (SSSR count). The van der Waals surface area contributed by atoms with Crippen molar-refractivity contribution < 1.29 is 37.0 Å². The molecule has 1 atom stereocenters. The average molecular weight is 333 g/mol. The molecule has 118 valence electrons. The lowest BCUT2D eigenvalue weighted by atomic mass is 10.2. The number of hydrogen-bond donors (Lipinski definition) is 1. The Balaban J connectivity index is 0.000000486. The highest BCUT2D eigenvalue weighted by atomic mass is 35.5. The summed E-state index contributed by atoms with van der Waals surface area (Å²) < 4.78 is 49.4. The first-order valence-electron chi connectivity index (χ1n) is 5.19. The number of carbonyl (C=O) groups is 2. The smallest absolute Gasteiger partial charge is 0.475 e. The van der Waals surface area contributed by atoms with E-state index >= 15 is 0 Å². The number of aromatic nitrogens is 2. The minimum absolute atomic E-state index is 0.104. The first kappa shape index (κ1) is 19.0. The van der Waals surface area contributed by atoms with Gasteiger partial charge in [0, 0.05) is 0 Å². The Hall–Kier alpha value is -1.97. The molecule has 0 aliphatic heterocycles. The normalized spacial score (nSPS) is 11.9. The van der Waals surface area contributed by atoms with E-state index in [0.29, 0.717) is 0 Å². The summed E-state index contributed by atoms with van der Waals surface area (Å²) in [6, 6.07) is 2.65. The summed E-state index contributed by atoms with van der Waals surface area (Å²) in [5, 5.41) is 14.1. The van der Waals surface area contributed by atoms with Gasteiger partial charge in [0.1, 0.15) is 5.69 Å². The Bertz CT molecular complexity index is 481. The topological polar surface area (TPSA) is 89.4 Å². The van der Waals surface area contributed by atoms with Crippen molar-refractivity contribution >= 4 is 23.5 Å². The van der Waals surface area contributed by atoms with Crippen molar-refractivity contribution in [3.05, 3.63) is 23.0 Å². The Morgan fingerprint density at radius 3 is 2.24 bits per heavy atom. The van der Waals surface area contributed by atoms with E-state index in [1.165, 1.54) is 12.1 Å². The van der Waals surface area contributed by atoms with Crippen molar-refractivity contribution in [1.82, 2.24) is 10.2 Å². The van der Waals surface area contributed by atoms with Gasteiger partial charge in [-0.05, 0) is 19.1 Å². The van der Waals surface area contributed by atoms with Gasteiger partial charge in [-0.15, -0.1) is 5.10 Å². The lowest BCUT2D eigenvalue weighted by molar-refractivity contribution is -0.192. The number of hydrogen-bond acceptors (Lipinski definition) is 5. The highest BCUT2D eigenvalue weighted by Crippen LogP contribution is 2.16. The van der Waals surface area contributed by atoms with Gasteiger partial charge in [0.25, 0.3) is 0 Å². The van der Waals surface area contributed by atoms with E-state index in [9.17, 15) is 22.4 Å². The van der Waals surface area contributed by atoms with Crippen LogP contribution < -0.4 is 0 Å². The fraction of sp³-hybridized carbons (Fsp3) is 0.400. The van der Waals surface area contributed by atoms with Crippen molar-refractivity contribution in [2.24, 2.45) is 0 Å². The first-order valence-corrected chi connectivity index (χ1v) is 5.57. The molecule has 0 saturated heterocycles. The van der Waals surface area contributed by atoms with E-state index in [1.54, 1.807) is 6.92 Å². The van der Waals surface area contributed by atoms with Crippen LogP contribution in [0.25, 0.3) is 0 Å². The predicted octanol–water partition coefficient (Wildman–Crippen LogP) is 2.34. The lowest BCUT2D eigenvalue weighted by Gasteiger charge is -2.05. The van der Waals surface area contributed by atoms with Crippen LogP contribution in [0.2, 0.25) is 5.15 Å². The number of ether oxygens (including phenoxy) is 1. The van der Waals surface area contributed by atoms with Gasteiger partial charge >= 0.3 is 18.1 Å². The Morgan fingerprint density at radius 1 is 1.38 bits per heavy atom. The largest absolute Gasteiger partial charge is 0.490 e. The highest BCUT2D eigenvalue weighted by Gasteiger charge is 2.38. The summed E-state index contributed by atoms with van der Waals surface area (Å²) in [6.07, 6.45) is -6.99. The van der Waals surface area contributed by atoms with Gasteiger partial charge in [-0.1, -0.05) is 11.6 Å². The average Bonchev–Trinajstić information content (AvgIpc) is 2.38. The van der Waals surface area contributed by atoms with Crippen molar-refractivity contribution in [2.45, 2.75) is 19.3 Å². The van der Waals surface area contributed by atoms with Gasteiger partial charge in [0.05, 0.1) is 6.61 Å². The zero-order chi connectivity index (χ0) is 16.6. The van der Waals surface area contributed by atoms with Crippen LogP contribution in [-0.4, -0.2) is 40.0 Å². The minimum Gasteiger partial charge on any atom is -0.475 e. The number of halogens is 5. The summed E-state index contributed by atoms with van der Waals surface area (Å²) in [7, 11) is 0. The quantitative estimate of drug-likeness (QED) is 0.675. The van der Waals surface area contributed by atoms with Gasteiger partial charge < -0.3 is 9.84 Å². The molecule has 0 aromatic carbocycles. The van der Waals surface area contributed by atoms with E-state index in [-0.39, 0.29) is 17.5 Å². The maximum absolute atomic E-state index is 13.2.